The van der Waals surface area contributed by atoms with Crippen molar-refractivity contribution in [2.75, 3.05) is 13.7 Å². The highest BCUT2D eigenvalue weighted by Crippen LogP contribution is 2.55. The fourth-order valence-electron chi connectivity index (χ4n) is 5.77. The van der Waals surface area contributed by atoms with Crippen LogP contribution in [0.2, 0.25) is 0 Å². The number of urea groups is 1. The molecule has 5 rings (SSSR count). The van der Waals surface area contributed by atoms with Crippen molar-refractivity contribution in [1.29, 1.82) is 0 Å². The van der Waals surface area contributed by atoms with Crippen LogP contribution in [0.1, 0.15) is 59.2 Å². The highest BCUT2D eigenvalue weighted by molar-refractivity contribution is 5.97. The van der Waals surface area contributed by atoms with Gasteiger partial charge in [0, 0.05) is 5.54 Å². The lowest BCUT2D eigenvalue weighted by atomic mass is 9.53. The van der Waals surface area contributed by atoms with Gasteiger partial charge in [-0.1, -0.05) is 0 Å². The number of imide groups is 1. The molecule has 0 heterocycles. The predicted octanol–water partition coefficient (Wildman–Crippen LogP) is 2.42. The summed E-state index contributed by atoms with van der Waals surface area (Å²) in [6, 6.07) is 5.15. The summed E-state index contributed by atoms with van der Waals surface area (Å²) in [6.45, 7) is -0.564. The fourth-order valence-corrected chi connectivity index (χ4v) is 5.77. The van der Waals surface area contributed by atoms with E-state index in [0.717, 1.165) is 19.3 Å². The van der Waals surface area contributed by atoms with Crippen LogP contribution in [0.5, 0.6) is 0 Å². The first kappa shape index (κ1) is 20.4. The van der Waals surface area contributed by atoms with Crippen LogP contribution in [0.4, 0.5) is 4.79 Å². The molecule has 1 aromatic rings. The Morgan fingerprint density at radius 2 is 1.40 bits per heavy atom. The first-order chi connectivity index (χ1) is 14.4. The summed E-state index contributed by atoms with van der Waals surface area (Å²) in [5, 5.41) is 5.31. The van der Waals surface area contributed by atoms with E-state index in [1.165, 1.54) is 50.6 Å². The molecule has 160 valence electrons. The molecule has 0 atom stereocenters. The summed E-state index contributed by atoms with van der Waals surface area (Å²) in [7, 11) is 1.27. The lowest BCUT2D eigenvalue weighted by Crippen LogP contribution is -2.62. The molecule has 4 bridgehead atoms. The van der Waals surface area contributed by atoms with E-state index >= 15 is 0 Å². The number of carbonyl (C=O) groups is 4. The summed E-state index contributed by atoms with van der Waals surface area (Å²) in [4.78, 5) is 47.9. The van der Waals surface area contributed by atoms with E-state index in [9.17, 15) is 19.2 Å². The normalized spacial score (nSPS) is 28.5. The second-order valence-corrected chi connectivity index (χ2v) is 8.85. The third-order valence-electron chi connectivity index (χ3n) is 6.55. The van der Waals surface area contributed by atoms with Crippen molar-refractivity contribution in [2.24, 2.45) is 17.8 Å². The molecule has 4 aliphatic rings. The molecule has 30 heavy (non-hydrogen) atoms. The average Bonchev–Trinajstić information content (AvgIpc) is 2.70. The Kier molecular flexibility index (Phi) is 5.49. The molecule has 4 saturated carbocycles. The van der Waals surface area contributed by atoms with Gasteiger partial charge in [0.2, 0.25) is 0 Å². The monoisotopic (exact) mass is 414 g/mol. The van der Waals surface area contributed by atoms with Crippen molar-refractivity contribution in [3.8, 4) is 0 Å². The largest absolute Gasteiger partial charge is 0.465 e. The fraction of sp³-hybridized carbons (Fsp3) is 0.545. The van der Waals surface area contributed by atoms with Crippen LogP contribution in [0, 0.1) is 17.8 Å². The second kappa shape index (κ2) is 8.08. The quantitative estimate of drug-likeness (QED) is 0.716. The average molecular weight is 414 g/mol. The number of amides is 3. The van der Waals surface area contributed by atoms with Crippen LogP contribution in [0.15, 0.2) is 24.3 Å². The molecule has 0 aliphatic heterocycles. The Morgan fingerprint density at radius 3 is 1.90 bits per heavy atom. The lowest BCUT2D eigenvalue weighted by molar-refractivity contribution is -0.123. The molecule has 3 amide bonds. The van der Waals surface area contributed by atoms with Gasteiger partial charge in [0.05, 0.1) is 18.2 Å². The highest BCUT2D eigenvalue weighted by atomic mass is 16.5. The van der Waals surface area contributed by atoms with Crippen LogP contribution in [-0.4, -0.2) is 43.1 Å². The van der Waals surface area contributed by atoms with Gasteiger partial charge in [0.25, 0.3) is 5.91 Å². The standard InChI is InChI=1S/C22H26N2O6/c1-29-19(26)16-2-4-17(5-3-16)20(27)30-12-18(25)23-21(28)24-22-9-13-6-14(10-22)8-15(7-13)11-22/h2-5,13-15H,6-12H2,1H3,(H2,23,24,25,28). The number of ether oxygens (including phenoxy) is 2. The first-order valence-corrected chi connectivity index (χ1v) is 10.3. The van der Waals surface area contributed by atoms with Crippen LogP contribution in [0.3, 0.4) is 0 Å². The van der Waals surface area contributed by atoms with Crippen LogP contribution in [0.25, 0.3) is 0 Å². The van der Waals surface area contributed by atoms with Gasteiger partial charge in [-0.25, -0.2) is 14.4 Å². The molecule has 4 aliphatic carbocycles. The van der Waals surface area contributed by atoms with Gasteiger partial charge < -0.3 is 14.8 Å². The summed E-state index contributed by atoms with van der Waals surface area (Å²) in [6.07, 6.45) is 6.74. The number of methoxy groups -OCH3 is 1. The van der Waals surface area contributed by atoms with Crippen LogP contribution >= 0.6 is 0 Å². The number of rotatable bonds is 5. The molecule has 8 heteroatoms. The minimum atomic E-state index is -0.719. The van der Waals surface area contributed by atoms with E-state index in [2.05, 4.69) is 15.4 Å². The van der Waals surface area contributed by atoms with Gasteiger partial charge in [-0.05, 0) is 80.5 Å². The molecule has 0 unspecified atom stereocenters. The molecule has 8 nitrogen and oxygen atoms in total. The number of hydrogen-bond acceptors (Lipinski definition) is 6. The molecular formula is C22H26N2O6. The molecule has 0 spiro atoms. The first-order valence-electron chi connectivity index (χ1n) is 10.3. The van der Waals surface area contributed by atoms with Gasteiger partial charge in [-0.15, -0.1) is 0 Å². The Bertz CT molecular complexity index is 828. The molecule has 0 saturated heterocycles. The van der Waals surface area contributed by atoms with Crippen molar-refractivity contribution in [2.45, 2.75) is 44.1 Å². The van der Waals surface area contributed by atoms with Gasteiger partial charge in [-0.3, -0.25) is 10.1 Å². The van der Waals surface area contributed by atoms with Crippen LogP contribution < -0.4 is 10.6 Å². The highest BCUT2D eigenvalue weighted by Gasteiger charge is 2.51. The number of hydrogen-bond donors (Lipinski definition) is 2. The molecule has 0 aromatic heterocycles. The van der Waals surface area contributed by atoms with E-state index in [1.54, 1.807) is 0 Å². The molecular weight excluding hydrogens is 388 g/mol. The third kappa shape index (κ3) is 4.32. The maximum atomic E-state index is 12.4. The van der Waals surface area contributed by atoms with Gasteiger partial charge in [-0.2, -0.15) is 0 Å². The van der Waals surface area contributed by atoms with E-state index in [1.807, 2.05) is 0 Å². The van der Waals surface area contributed by atoms with Crippen molar-refractivity contribution in [1.82, 2.24) is 10.6 Å². The smallest absolute Gasteiger partial charge is 0.338 e. The zero-order chi connectivity index (χ0) is 21.3. The van der Waals surface area contributed by atoms with Gasteiger partial charge in [0.15, 0.2) is 6.61 Å². The minimum Gasteiger partial charge on any atom is -0.465 e. The summed E-state index contributed by atoms with van der Waals surface area (Å²) >= 11 is 0. The lowest BCUT2D eigenvalue weighted by Gasteiger charge is -2.56. The minimum absolute atomic E-state index is 0.188. The van der Waals surface area contributed by atoms with E-state index < -0.39 is 30.5 Å². The van der Waals surface area contributed by atoms with Gasteiger partial charge >= 0.3 is 18.0 Å². The molecule has 0 radical (unpaired) electrons. The Hall–Kier alpha value is -2.90. The Morgan fingerprint density at radius 1 is 0.900 bits per heavy atom. The maximum absolute atomic E-state index is 12.4. The zero-order valence-corrected chi connectivity index (χ0v) is 16.9. The Labute approximate surface area is 174 Å². The maximum Gasteiger partial charge on any atom is 0.338 e. The Balaban J connectivity index is 1.24. The summed E-state index contributed by atoms with van der Waals surface area (Å²) in [5.41, 5.74) is 0.290. The van der Waals surface area contributed by atoms with E-state index in [-0.39, 0.29) is 11.1 Å². The topological polar surface area (TPSA) is 111 Å². The summed E-state index contributed by atoms with van der Waals surface area (Å²) < 4.78 is 9.56. The van der Waals surface area contributed by atoms with Crippen molar-refractivity contribution < 1.29 is 28.7 Å². The van der Waals surface area contributed by atoms with Crippen molar-refractivity contribution >= 4 is 23.9 Å². The third-order valence-corrected chi connectivity index (χ3v) is 6.55. The van der Waals surface area contributed by atoms with E-state index in [4.69, 9.17) is 4.74 Å². The molecule has 1 aromatic carbocycles. The molecule has 2 N–H and O–H groups in total. The van der Waals surface area contributed by atoms with Crippen molar-refractivity contribution in [3.63, 3.8) is 0 Å². The predicted molar refractivity (Wildman–Crippen MR) is 106 cm³/mol. The molecule has 4 fully saturated rings. The second-order valence-electron chi connectivity index (χ2n) is 8.85. The van der Waals surface area contributed by atoms with Crippen molar-refractivity contribution in [3.05, 3.63) is 35.4 Å². The zero-order valence-electron chi connectivity index (χ0n) is 16.9. The number of benzene rings is 1. The van der Waals surface area contributed by atoms with Gasteiger partial charge in [0.1, 0.15) is 0 Å². The number of esters is 2. The number of nitrogens with one attached hydrogen (secondary N) is 2. The van der Waals surface area contributed by atoms with Crippen LogP contribution in [-0.2, 0) is 14.3 Å². The number of carbonyl (C=O) groups excluding carboxylic acids is 4. The van der Waals surface area contributed by atoms with E-state index in [0.29, 0.717) is 23.3 Å². The SMILES string of the molecule is COC(=O)c1ccc(C(=O)OCC(=O)NC(=O)NC23CC4CC(CC(C4)C2)C3)cc1. The summed E-state index contributed by atoms with van der Waals surface area (Å²) in [5.74, 6) is 0.121.